The van der Waals surface area contributed by atoms with E-state index in [0.29, 0.717) is 39.1 Å². The van der Waals surface area contributed by atoms with Gasteiger partial charge in [0.25, 0.3) is 0 Å². The second kappa shape index (κ2) is 8.84. The molecule has 5 heteroatoms. The second-order valence-electron chi connectivity index (χ2n) is 5.34. The topological polar surface area (TPSA) is 58.6 Å². The zero-order chi connectivity index (χ0) is 16.5. The molecule has 0 bridgehead atoms. The fraction of sp³-hybridized carbons (Fsp3) is 0.444. The third-order valence-electron chi connectivity index (χ3n) is 3.74. The van der Waals surface area contributed by atoms with E-state index in [9.17, 15) is 9.59 Å². The average molecular weight is 314 g/mol. The molecule has 0 saturated carbocycles. The summed E-state index contributed by atoms with van der Waals surface area (Å²) in [4.78, 5) is 25.4. The largest absolute Gasteiger partial charge is 0.466 e. The van der Waals surface area contributed by atoms with Crippen molar-refractivity contribution in [3.63, 3.8) is 0 Å². The maximum atomic E-state index is 12.0. The van der Waals surface area contributed by atoms with Crippen LogP contribution in [0.3, 0.4) is 0 Å². The Labute approximate surface area is 137 Å². The molecule has 0 unspecified atom stereocenters. The number of carbonyl (C=O) groups is 2. The van der Waals surface area contributed by atoms with Gasteiger partial charge in [-0.2, -0.15) is 0 Å². The standard InChI is InChI=1S/C18H22N2O3/c1-2-23-17(21)16-10-13-20(14-11-16)18(22)19-12-6-9-15-7-4-3-5-8-15/h3-5,7-8,16H,2,10-14H2,1H3,(H,19,22). The molecule has 0 spiro atoms. The molecule has 1 N–H and O–H groups in total. The molecular formula is C18H22N2O3. The molecule has 1 heterocycles. The van der Waals surface area contributed by atoms with Gasteiger partial charge in [0.15, 0.2) is 0 Å². The van der Waals surface area contributed by atoms with Crippen LogP contribution in [0.25, 0.3) is 0 Å². The average Bonchev–Trinajstić information content (AvgIpc) is 2.60. The van der Waals surface area contributed by atoms with Crippen molar-refractivity contribution < 1.29 is 14.3 Å². The molecule has 0 atom stereocenters. The molecule has 0 aromatic heterocycles. The van der Waals surface area contributed by atoms with Gasteiger partial charge in [0.2, 0.25) is 0 Å². The van der Waals surface area contributed by atoms with Gasteiger partial charge in [0.1, 0.15) is 0 Å². The van der Waals surface area contributed by atoms with Gasteiger partial charge >= 0.3 is 12.0 Å². The van der Waals surface area contributed by atoms with Gasteiger partial charge in [-0.05, 0) is 31.9 Å². The van der Waals surface area contributed by atoms with Crippen molar-refractivity contribution in [2.24, 2.45) is 5.92 Å². The number of benzene rings is 1. The van der Waals surface area contributed by atoms with E-state index in [0.717, 1.165) is 5.56 Å². The molecule has 1 aromatic carbocycles. The van der Waals surface area contributed by atoms with E-state index in [2.05, 4.69) is 17.2 Å². The number of likely N-dealkylation sites (tertiary alicyclic amines) is 1. The molecule has 1 saturated heterocycles. The molecule has 2 amide bonds. The van der Waals surface area contributed by atoms with E-state index < -0.39 is 0 Å². The Balaban J connectivity index is 1.71. The molecule has 1 aliphatic heterocycles. The van der Waals surface area contributed by atoms with Crippen molar-refractivity contribution in [1.82, 2.24) is 10.2 Å². The first-order chi connectivity index (χ1) is 11.2. The van der Waals surface area contributed by atoms with Gasteiger partial charge in [0.05, 0.1) is 19.1 Å². The lowest BCUT2D eigenvalue weighted by molar-refractivity contribution is -0.149. The van der Waals surface area contributed by atoms with E-state index >= 15 is 0 Å². The van der Waals surface area contributed by atoms with Crippen LogP contribution in [0, 0.1) is 17.8 Å². The van der Waals surface area contributed by atoms with Crippen LogP contribution < -0.4 is 5.32 Å². The minimum atomic E-state index is -0.152. The van der Waals surface area contributed by atoms with Crippen molar-refractivity contribution in [3.8, 4) is 11.8 Å². The van der Waals surface area contributed by atoms with Crippen LogP contribution in [0.15, 0.2) is 30.3 Å². The fourth-order valence-electron chi connectivity index (χ4n) is 2.48. The summed E-state index contributed by atoms with van der Waals surface area (Å²) in [5, 5.41) is 2.79. The van der Waals surface area contributed by atoms with Crippen molar-refractivity contribution in [2.75, 3.05) is 26.2 Å². The fourth-order valence-corrected chi connectivity index (χ4v) is 2.48. The first-order valence-electron chi connectivity index (χ1n) is 7.94. The minimum Gasteiger partial charge on any atom is -0.466 e. The van der Waals surface area contributed by atoms with E-state index in [-0.39, 0.29) is 17.9 Å². The van der Waals surface area contributed by atoms with Gasteiger partial charge < -0.3 is 15.0 Å². The number of ether oxygens (including phenoxy) is 1. The highest BCUT2D eigenvalue weighted by Gasteiger charge is 2.27. The number of nitrogens with zero attached hydrogens (tertiary/aromatic N) is 1. The lowest BCUT2D eigenvalue weighted by atomic mass is 9.97. The minimum absolute atomic E-state index is 0.0862. The van der Waals surface area contributed by atoms with Gasteiger partial charge in [0, 0.05) is 18.7 Å². The number of esters is 1. The van der Waals surface area contributed by atoms with Crippen LogP contribution in [-0.2, 0) is 9.53 Å². The Hall–Kier alpha value is -2.48. The summed E-state index contributed by atoms with van der Waals surface area (Å²) in [6.45, 7) is 3.66. The first-order valence-corrected chi connectivity index (χ1v) is 7.94. The Bertz CT molecular complexity index is 581. The number of piperidine rings is 1. The summed E-state index contributed by atoms with van der Waals surface area (Å²) >= 11 is 0. The zero-order valence-corrected chi connectivity index (χ0v) is 13.4. The maximum Gasteiger partial charge on any atom is 0.318 e. The molecule has 23 heavy (non-hydrogen) atoms. The van der Waals surface area contributed by atoms with Crippen LogP contribution >= 0.6 is 0 Å². The van der Waals surface area contributed by atoms with Crippen LogP contribution in [0.4, 0.5) is 4.79 Å². The normalized spacial score (nSPS) is 14.6. The summed E-state index contributed by atoms with van der Waals surface area (Å²) in [5.74, 6) is 5.69. The number of hydrogen-bond acceptors (Lipinski definition) is 3. The third kappa shape index (κ3) is 5.33. The Kier molecular flexibility index (Phi) is 6.49. The van der Waals surface area contributed by atoms with Gasteiger partial charge in [-0.3, -0.25) is 4.79 Å². The third-order valence-corrected chi connectivity index (χ3v) is 3.74. The smallest absolute Gasteiger partial charge is 0.318 e. The van der Waals surface area contributed by atoms with Crippen molar-refractivity contribution in [1.29, 1.82) is 0 Å². The maximum absolute atomic E-state index is 12.0. The van der Waals surface area contributed by atoms with Crippen LogP contribution in [0.2, 0.25) is 0 Å². The molecule has 2 rings (SSSR count). The lowest BCUT2D eigenvalue weighted by Gasteiger charge is -2.30. The number of carbonyl (C=O) groups excluding carboxylic acids is 2. The molecule has 1 aromatic rings. The molecule has 1 fully saturated rings. The van der Waals surface area contributed by atoms with E-state index in [1.54, 1.807) is 11.8 Å². The Morgan fingerprint density at radius 1 is 1.26 bits per heavy atom. The number of nitrogens with one attached hydrogen (secondary N) is 1. The predicted molar refractivity (Wildman–Crippen MR) is 87.6 cm³/mol. The zero-order valence-electron chi connectivity index (χ0n) is 13.4. The lowest BCUT2D eigenvalue weighted by Crippen LogP contribution is -2.45. The summed E-state index contributed by atoms with van der Waals surface area (Å²) in [6, 6.07) is 9.51. The summed E-state index contributed by atoms with van der Waals surface area (Å²) < 4.78 is 5.02. The highest BCUT2D eigenvalue weighted by atomic mass is 16.5. The van der Waals surface area contributed by atoms with E-state index in [1.807, 2.05) is 30.3 Å². The number of hydrogen-bond donors (Lipinski definition) is 1. The monoisotopic (exact) mass is 314 g/mol. The summed E-state index contributed by atoms with van der Waals surface area (Å²) in [5.41, 5.74) is 0.928. The highest BCUT2D eigenvalue weighted by molar-refractivity contribution is 5.76. The van der Waals surface area contributed by atoms with Crippen LogP contribution in [-0.4, -0.2) is 43.1 Å². The predicted octanol–water partition coefficient (Wildman–Crippen LogP) is 2.02. The summed E-state index contributed by atoms with van der Waals surface area (Å²) in [7, 11) is 0. The Morgan fingerprint density at radius 2 is 1.96 bits per heavy atom. The van der Waals surface area contributed by atoms with Crippen molar-refractivity contribution in [2.45, 2.75) is 19.8 Å². The summed E-state index contributed by atoms with van der Waals surface area (Å²) in [6.07, 6.45) is 1.31. The number of rotatable bonds is 3. The number of urea groups is 1. The SMILES string of the molecule is CCOC(=O)C1CCN(C(=O)NCC#Cc2ccccc2)CC1. The molecule has 1 aliphatic rings. The van der Waals surface area contributed by atoms with Crippen LogP contribution in [0.1, 0.15) is 25.3 Å². The van der Waals surface area contributed by atoms with Crippen molar-refractivity contribution >= 4 is 12.0 Å². The molecular weight excluding hydrogens is 292 g/mol. The van der Waals surface area contributed by atoms with Gasteiger partial charge in [-0.15, -0.1) is 0 Å². The second-order valence-corrected chi connectivity index (χ2v) is 5.34. The molecule has 5 nitrogen and oxygen atoms in total. The Morgan fingerprint density at radius 3 is 2.61 bits per heavy atom. The van der Waals surface area contributed by atoms with Crippen molar-refractivity contribution in [3.05, 3.63) is 35.9 Å². The molecule has 0 radical (unpaired) electrons. The van der Waals surface area contributed by atoms with Gasteiger partial charge in [-0.25, -0.2) is 4.79 Å². The number of amides is 2. The van der Waals surface area contributed by atoms with Crippen LogP contribution in [0.5, 0.6) is 0 Å². The quantitative estimate of drug-likeness (QED) is 0.686. The molecule has 122 valence electrons. The molecule has 0 aliphatic carbocycles. The first kappa shape index (κ1) is 16.9. The van der Waals surface area contributed by atoms with Gasteiger partial charge in [-0.1, -0.05) is 30.0 Å². The van der Waals surface area contributed by atoms with E-state index in [1.165, 1.54) is 0 Å². The van der Waals surface area contributed by atoms with E-state index in [4.69, 9.17) is 4.74 Å². The highest BCUT2D eigenvalue weighted by Crippen LogP contribution is 2.18.